The molecule has 1 aliphatic rings. The molecule has 0 unspecified atom stereocenters. The highest BCUT2D eigenvalue weighted by atomic mass is 32.2. The lowest BCUT2D eigenvalue weighted by Gasteiger charge is -2.31. The highest BCUT2D eigenvalue weighted by Gasteiger charge is 2.32. The van der Waals surface area contributed by atoms with Gasteiger partial charge in [-0.25, -0.2) is 8.42 Å². The monoisotopic (exact) mass is 287 g/mol. The summed E-state index contributed by atoms with van der Waals surface area (Å²) in [6.07, 6.45) is -4.28. The number of halogens is 3. The summed E-state index contributed by atoms with van der Waals surface area (Å²) in [5, 5.41) is -0.482. The zero-order valence-corrected chi connectivity index (χ0v) is 10.9. The van der Waals surface area contributed by atoms with Crippen molar-refractivity contribution in [2.24, 2.45) is 0 Å². The SMILES string of the molecule is CS(=O)(=O)C1CCN(C(=O)CCC(F)(F)F)CC1. The number of rotatable bonds is 3. The fourth-order valence-corrected chi connectivity index (χ4v) is 3.01. The third-order valence-electron chi connectivity index (χ3n) is 3.02. The van der Waals surface area contributed by atoms with E-state index in [-0.39, 0.29) is 13.1 Å². The molecule has 0 saturated carbocycles. The van der Waals surface area contributed by atoms with Crippen molar-refractivity contribution in [3.8, 4) is 0 Å². The molecule has 0 aromatic carbocycles. The Kier molecular flexibility index (Phi) is 4.63. The van der Waals surface area contributed by atoms with Crippen molar-refractivity contribution in [1.82, 2.24) is 4.90 Å². The summed E-state index contributed by atoms with van der Waals surface area (Å²) in [7, 11) is -3.13. The van der Waals surface area contributed by atoms with Crippen molar-refractivity contribution in [2.45, 2.75) is 37.1 Å². The van der Waals surface area contributed by atoms with E-state index < -0.39 is 40.0 Å². The number of piperidine rings is 1. The molecule has 1 amide bonds. The Bertz CT molecular complexity index is 397. The lowest BCUT2D eigenvalue weighted by molar-refractivity contribution is -0.149. The van der Waals surface area contributed by atoms with Crippen LogP contribution in [0.2, 0.25) is 0 Å². The predicted molar refractivity (Wildman–Crippen MR) is 59.7 cm³/mol. The summed E-state index contributed by atoms with van der Waals surface area (Å²) >= 11 is 0. The molecule has 4 nitrogen and oxygen atoms in total. The molecule has 18 heavy (non-hydrogen) atoms. The van der Waals surface area contributed by atoms with Crippen LogP contribution in [-0.2, 0) is 14.6 Å². The van der Waals surface area contributed by atoms with Crippen LogP contribution >= 0.6 is 0 Å². The molecule has 1 saturated heterocycles. The molecule has 1 aliphatic heterocycles. The van der Waals surface area contributed by atoms with E-state index in [0.717, 1.165) is 6.26 Å². The summed E-state index contributed by atoms with van der Waals surface area (Å²) in [5.74, 6) is -0.556. The maximum absolute atomic E-state index is 12.0. The molecule has 0 atom stereocenters. The summed E-state index contributed by atoms with van der Waals surface area (Å²) in [5.41, 5.74) is 0. The summed E-state index contributed by atoms with van der Waals surface area (Å²) in [4.78, 5) is 12.8. The van der Waals surface area contributed by atoms with Crippen molar-refractivity contribution in [3.63, 3.8) is 0 Å². The molecule has 1 rings (SSSR count). The highest BCUT2D eigenvalue weighted by molar-refractivity contribution is 7.91. The first kappa shape index (κ1) is 15.3. The number of hydrogen-bond acceptors (Lipinski definition) is 3. The van der Waals surface area contributed by atoms with E-state index in [2.05, 4.69) is 0 Å². The minimum atomic E-state index is -4.33. The van der Waals surface area contributed by atoms with E-state index >= 15 is 0 Å². The van der Waals surface area contributed by atoms with E-state index in [1.807, 2.05) is 0 Å². The molecule has 1 fully saturated rings. The molecule has 0 aromatic rings. The number of likely N-dealkylation sites (tertiary alicyclic amines) is 1. The first-order valence-corrected chi connectivity index (χ1v) is 7.58. The van der Waals surface area contributed by atoms with Gasteiger partial charge in [0.1, 0.15) is 9.84 Å². The Labute approximate surface area is 104 Å². The number of carbonyl (C=O) groups excluding carboxylic acids is 1. The van der Waals surface area contributed by atoms with E-state index in [1.54, 1.807) is 0 Å². The summed E-state index contributed by atoms with van der Waals surface area (Å²) in [6, 6.07) is 0. The van der Waals surface area contributed by atoms with Gasteiger partial charge in [0.15, 0.2) is 0 Å². The van der Waals surface area contributed by atoms with Gasteiger partial charge in [0, 0.05) is 25.8 Å². The minimum absolute atomic E-state index is 0.217. The lowest BCUT2D eigenvalue weighted by atomic mass is 10.1. The molecule has 0 aromatic heterocycles. The van der Waals surface area contributed by atoms with Crippen LogP contribution in [0.15, 0.2) is 0 Å². The Morgan fingerprint density at radius 3 is 2.17 bits per heavy atom. The number of hydrogen-bond donors (Lipinski definition) is 0. The molecule has 0 radical (unpaired) electrons. The van der Waals surface area contributed by atoms with Gasteiger partial charge >= 0.3 is 6.18 Å². The van der Waals surface area contributed by atoms with E-state index in [1.165, 1.54) is 4.90 Å². The lowest BCUT2D eigenvalue weighted by Crippen LogP contribution is -2.42. The molecule has 1 heterocycles. The van der Waals surface area contributed by atoms with Crippen LogP contribution in [0.5, 0.6) is 0 Å². The first-order chi connectivity index (χ1) is 8.09. The molecule has 0 bridgehead atoms. The zero-order chi connectivity index (χ0) is 14.0. The third kappa shape index (κ3) is 4.83. The molecule has 106 valence electrons. The van der Waals surface area contributed by atoms with E-state index in [9.17, 15) is 26.4 Å². The normalized spacial score (nSPS) is 19.0. The van der Waals surface area contributed by atoms with Crippen LogP contribution in [0.25, 0.3) is 0 Å². The minimum Gasteiger partial charge on any atom is -0.343 e. The van der Waals surface area contributed by atoms with Crippen molar-refractivity contribution < 1.29 is 26.4 Å². The average Bonchev–Trinajstić information content (AvgIpc) is 2.24. The molecule has 8 heteroatoms. The van der Waals surface area contributed by atoms with Crippen molar-refractivity contribution in [2.75, 3.05) is 19.3 Å². The standard InChI is InChI=1S/C10H16F3NO3S/c1-18(16,17)8-3-6-14(7-4-8)9(15)2-5-10(11,12)13/h8H,2-7H2,1H3. The Morgan fingerprint density at radius 2 is 1.78 bits per heavy atom. The average molecular weight is 287 g/mol. The Morgan fingerprint density at radius 1 is 1.28 bits per heavy atom. The maximum Gasteiger partial charge on any atom is 0.389 e. The van der Waals surface area contributed by atoms with Crippen LogP contribution in [0.1, 0.15) is 25.7 Å². The number of carbonyl (C=O) groups is 1. The largest absolute Gasteiger partial charge is 0.389 e. The van der Waals surface area contributed by atoms with Gasteiger partial charge in [-0.05, 0) is 12.8 Å². The second-order valence-electron chi connectivity index (χ2n) is 4.52. The summed E-state index contributed by atoms with van der Waals surface area (Å²) < 4.78 is 58.4. The molecule has 0 N–H and O–H groups in total. The summed E-state index contributed by atoms with van der Waals surface area (Å²) in [6.45, 7) is 0.433. The van der Waals surface area contributed by atoms with Crippen LogP contribution in [0, 0.1) is 0 Å². The van der Waals surface area contributed by atoms with Crippen LogP contribution in [0.4, 0.5) is 13.2 Å². The van der Waals surface area contributed by atoms with Crippen molar-refractivity contribution >= 4 is 15.7 Å². The second-order valence-corrected chi connectivity index (χ2v) is 6.85. The van der Waals surface area contributed by atoms with Gasteiger partial charge in [0.2, 0.25) is 5.91 Å². The topological polar surface area (TPSA) is 54.5 Å². The van der Waals surface area contributed by atoms with Crippen LogP contribution in [0.3, 0.4) is 0 Å². The van der Waals surface area contributed by atoms with Crippen LogP contribution < -0.4 is 0 Å². The van der Waals surface area contributed by atoms with Crippen molar-refractivity contribution in [3.05, 3.63) is 0 Å². The van der Waals surface area contributed by atoms with Crippen LogP contribution in [-0.4, -0.2) is 50.0 Å². The molecular formula is C10H16F3NO3S. The predicted octanol–water partition coefficient (Wildman–Crippen LogP) is 1.36. The fraction of sp³-hybridized carbons (Fsp3) is 0.900. The number of amides is 1. The quantitative estimate of drug-likeness (QED) is 0.787. The first-order valence-electron chi connectivity index (χ1n) is 5.63. The number of alkyl halides is 3. The van der Waals surface area contributed by atoms with Gasteiger partial charge in [-0.15, -0.1) is 0 Å². The van der Waals surface area contributed by atoms with E-state index in [4.69, 9.17) is 0 Å². The smallest absolute Gasteiger partial charge is 0.343 e. The molecule has 0 aliphatic carbocycles. The van der Waals surface area contributed by atoms with Gasteiger partial charge in [-0.3, -0.25) is 4.79 Å². The molecular weight excluding hydrogens is 271 g/mol. The second kappa shape index (κ2) is 5.46. The Hall–Kier alpha value is -0.790. The van der Waals surface area contributed by atoms with Gasteiger partial charge in [-0.1, -0.05) is 0 Å². The van der Waals surface area contributed by atoms with E-state index in [0.29, 0.717) is 12.8 Å². The number of sulfone groups is 1. The van der Waals surface area contributed by atoms with Crippen molar-refractivity contribution in [1.29, 1.82) is 0 Å². The fourth-order valence-electron chi connectivity index (χ4n) is 1.94. The van der Waals surface area contributed by atoms with Gasteiger partial charge < -0.3 is 4.90 Å². The van der Waals surface area contributed by atoms with Gasteiger partial charge in [0.25, 0.3) is 0 Å². The highest BCUT2D eigenvalue weighted by Crippen LogP contribution is 2.23. The molecule has 0 spiro atoms. The number of nitrogens with zero attached hydrogens (tertiary/aromatic N) is 1. The Balaban J connectivity index is 2.41. The van der Waals surface area contributed by atoms with Gasteiger partial charge in [0.05, 0.1) is 11.7 Å². The van der Waals surface area contributed by atoms with Gasteiger partial charge in [-0.2, -0.15) is 13.2 Å². The zero-order valence-electron chi connectivity index (χ0n) is 10.0. The third-order valence-corrected chi connectivity index (χ3v) is 4.70. The maximum atomic E-state index is 12.0.